The zero-order chi connectivity index (χ0) is 12.3. The Morgan fingerprint density at radius 1 is 1.47 bits per heavy atom. The first-order valence-electron chi connectivity index (χ1n) is 5.45. The second-order valence-electron chi connectivity index (χ2n) is 3.96. The summed E-state index contributed by atoms with van der Waals surface area (Å²) in [5.74, 6) is -0.0571. The molecule has 0 spiro atoms. The molecule has 1 aliphatic rings. The summed E-state index contributed by atoms with van der Waals surface area (Å²) < 4.78 is 5.66. The van der Waals surface area contributed by atoms with E-state index in [1.165, 1.54) is 0 Å². The van der Waals surface area contributed by atoms with Gasteiger partial charge in [0, 0.05) is 11.4 Å². The maximum atomic E-state index is 11.4. The van der Waals surface area contributed by atoms with Crippen molar-refractivity contribution in [2.75, 3.05) is 19.2 Å². The van der Waals surface area contributed by atoms with Gasteiger partial charge in [-0.15, -0.1) is 24.2 Å². The lowest BCUT2D eigenvalue weighted by atomic mass is 10.1. The lowest BCUT2D eigenvalue weighted by molar-refractivity contribution is -0.143. The van der Waals surface area contributed by atoms with Crippen molar-refractivity contribution in [1.29, 1.82) is 0 Å². The molecule has 0 bridgehead atoms. The molecule has 2 rings (SSSR count). The average Bonchev–Trinajstić information content (AvgIpc) is 2.39. The summed E-state index contributed by atoms with van der Waals surface area (Å²) in [4.78, 5) is 13.9. The summed E-state index contributed by atoms with van der Waals surface area (Å²) >= 11 is 9.74. The molecule has 1 aliphatic heterocycles. The summed E-state index contributed by atoms with van der Waals surface area (Å²) in [7, 11) is 0. The van der Waals surface area contributed by atoms with Crippen LogP contribution in [0, 0.1) is 0 Å². The van der Waals surface area contributed by atoms with Crippen LogP contribution in [-0.2, 0) is 9.53 Å². The van der Waals surface area contributed by atoms with Gasteiger partial charge in [-0.1, -0.05) is 12.1 Å². The lowest BCUT2D eigenvalue weighted by Crippen LogP contribution is -2.39. The van der Waals surface area contributed by atoms with E-state index in [4.69, 9.17) is 16.3 Å². The minimum absolute atomic E-state index is 0.0162. The number of amides is 1. The Morgan fingerprint density at radius 2 is 2.18 bits per heavy atom. The van der Waals surface area contributed by atoms with Crippen LogP contribution >= 0.6 is 24.2 Å². The van der Waals surface area contributed by atoms with Crippen LogP contribution in [0.25, 0.3) is 0 Å². The molecule has 1 atom stereocenters. The molecule has 5 heteroatoms. The molecule has 0 N–H and O–H groups in total. The highest BCUT2D eigenvalue weighted by molar-refractivity contribution is 7.80. The number of thiol groups is 1. The first-order valence-corrected chi connectivity index (χ1v) is 6.43. The first-order chi connectivity index (χ1) is 8.20. The zero-order valence-corrected chi connectivity index (χ0v) is 11.0. The molecule has 0 aromatic heterocycles. The van der Waals surface area contributed by atoms with E-state index in [2.05, 4.69) is 12.6 Å². The molecule has 1 aromatic carbocycles. The summed E-state index contributed by atoms with van der Waals surface area (Å²) in [5.41, 5.74) is 1.13. The molecule has 1 aromatic rings. The standard InChI is InChI=1S/C12H14ClNO2S/c13-7-12(15)14-6-5-11(16-8-14)9-1-3-10(17)4-2-9/h1-4,11,17H,5-8H2. The predicted molar refractivity (Wildman–Crippen MR) is 69.4 cm³/mol. The maximum absolute atomic E-state index is 11.4. The largest absolute Gasteiger partial charge is 0.353 e. The van der Waals surface area contributed by atoms with Gasteiger partial charge in [0.1, 0.15) is 12.6 Å². The summed E-state index contributed by atoms with van der Waals surface area (Å²) in [6.45, 7) is 1.01. The number of hydrogen-bond donors (Lipinski definition) is 1. The van der Waals surface area contributed by atoms with E-state index in [0.717, 1.165) is 16.9 Å². The van der Waals surface area contributed by atoms with Gasteiger partial charge in [-0.25, -0.2) is 0 Å². The van der Waals surface area contributed by atoms with Crippen LogP contribution in [0.4, 0.5) is 0 Å². The molecule has 1 saturated heterocycles. The Bertz CT molecular complexity index is 388. The van der Waals surface area contributed by atoms with Crippen LogP contribution < -0.4 is 0 Å². The number of halogens is 1. The molecular formula is C12H14ClNO2S. The van der Waals surface area contributed by atoms with Gasteiger partial charge < -0.3 is 9.64 Å². The molecule has 3 nitrogen and oxygen atoms in total. The number of nitrogens with zero attached hydrogens (tertiary/aromatic N) is 1. The van der Waals surface area contributed by atoms with Gasteiger partial charge in [0.05, 0.1) is 6.10 Å². The number of ether oxygens (including phenoxy) is 1. The van der Waals surface area contributed by atoms with Gasteiger partial charge in [0.25, 0.3) is 0 Å². The molecule has 1 amide bonds. The predicted octanol–water partition coefficient (Wildman–Crippen LogP) is 2.46. The van der Waals surface area contributed by atoms with Gasteiger partial charge in [-0.3, -0.25) is 4.79 Å². The van der Waals surface area contributed by atoms with E-state index >= 15 is 0 Å². The number of rotatable bonds is 2. The molecule has 0 saturated carbocycles. The second-order valence-corrected chi connectivity index (χ2v) is 4.74. The fourth-order valence-corrected chi connectivity index (χ4v) is 2.15. The molecule has 1 fully saturated rings. The normalized spacial score (nSPS) is 20.4. The van der Waals surface area contributed by atoms with Crippen LogP contribution in [0.1, 0.15) is 18.1 Å². The number of hydrogen-bond acceptors (Lipinski definition) is 3. The molecule has 0 radical (unpaired) electrons. The SMILES string of the molecule is O=C(CCl)N1CCC(c2ccc(S)cc2)OC1. The molecular weight excluding hydrogens is 258 g/mol. The van der Waals surface area contributed by atoms with Crippen molar-refractivity contribution in [2.45, 2.75) is 17.4 Å². The van der Waals surface area contributed by atoms with Crippen molar-refractivity contribution in [3.8, 4) is 0 Å². The van der Waals surface area contributed by atoms with Crippen molar-refractivity contribution in [1.82, 2.24) is 4.90 Å². The molecule has 92 valence electrons. The number of benzene rings is 1. The van der Waals surface area contributed by atoms with Gasteiger partial charge >= 0.3 is 0 Å². The monoisotopic (exact) mass is 271 g/mol. The Morgan fingerprint density at radius 3 is 2.71 bits per heavy atom. The topological polar surface area (TPSA) is 29.5 Å². The number of carbonyl (C=O) groups excluding carboxylic acids is 1. The lowest BCUT2D eigenvalue weighted by Gasteiger charge is -2.32. The van der Waals surface area contributed by atoms with Crippen molar-refractivity contribution in [2.24, 2.45) is 0 Å². The van der Waals surface area contributed by atoms with E-state index in [-0.39, 0.29) is 17.9 Å². The Balaban J connectivity index is 1.95. The van der Waals surface area contributed by atoms with Crippen LogP contribution in [-0.4, -0.2) is 30.0 Å². The van der Waals surface area contributed by atoms with Gasteiger partial charge in [-0.05, 0) is 24.1 Å². The molecule has 17 heavy (non-hydrogen) atoms. The highest BCUT2D eigenvalue weighted by Gasteiger charge is 2.23. The number of alkyl halides is 1. The van der Waals surface area contributed by atoms with Crippen LogP contribution in [0.3, 0.4) is 0 Å². The number of carbonyl (C=O) groups is 1. The Kier molecular flexibility index (Phi) is 4.31. The van der Waals surface area contributed by atoms with Crippen molar-refractivity contribution < 1.29 is 9.53 Å². The third kappa shape index (κ3) is 3.15. The van der Waals surface area contributed by atoms with E-state index in [1.54, 1.807) is 4.90 Å². The third-order valence-electron chi connectivity index (χ3n) is 2.82. The Labute approximate surface area is 111 Å². The second kappa shape index (κ2) is 5.76. The highest BCUT2D eigenvalue weighted by atomic mass is 35.5. The zero-order valence-electron chi connectivity index (χ0n) is 9.30. The minimum atomic E-state index is -0.0733. The van der Waals surface area contributed by atoms with Crippen LogP contribution in [0.15, 0.2) is 29.2 Å². The van der Waals surface area contributed by atoms with Crippen molar-refractivity contribution in [3.05, 3.63) is 29.8 Å². The van der Waals surface area contributed by atoms with Gasteiger partial charge in [0.2, 0.25) is 5.91 Å². The fourth-order valence-electron chi connectivity index (χ4n) is 1.83. The molecule has 0 aliphatic carbocycles. The molecule has 1 unspecified atom stereocenters. The summed E-state index contributed by atoms with van der Waals surface area (Å²) in [5, 5.41) is 0. The average molecular weight is 272 g/mol. The van der Waals surface area contributed by atoms with E-state index in [9.17, 15) is 4.79 Å². The Hall–Kier alpha value is -0.710. The van der Waals surface area contributed by atoms with Gasteiger partial charge in [-0.2, -0.15) is 0 Å². The van der Waals surface area contributed by atoms with Crippen molar-refractivity contribution in [3.63, 3.8) is 0 Å². The van der Waals surface area contributed by atoms with E-state index in [1.807, 2.05) is 24.3 Å². The summed E-state index contributed by atoms with van der Waals surface area (Å²) in [6, 6.07) is 7.90. The quantitative estimate of drug-likeness (QED) is 0.661. The smallest absolute Gasteiger partial charge is 0.239 e. The van der Waals surface area contributed by atoms with Crippen LogP contribution in [0.2, 0.25) is 0 Å². The summed E-state index contributed by atoms with van der Waals surface area (Å²) in [6.07, 6.45) is 0.859. The minimum Gasteiger partial charge on any atom is -0.353 e. The van der Waals surface area contributed by atoms with Crippen LogP contribution in [0.5, 0.6) is 0 Å². The van der Waals surface area contributed by atoms with E-state index < -0.39 is 0 Å². The maximum Gasteiger partial charge on any atom is 0.239 e. The first kappa shape index (κ1) is 12.7. The van der Waals surface area contributed by atoms with Crippen molar-refractivity contribution >= 4 is 30.1 Å². The van der Waals surface area contributed by atoms with Gasteiger partial charge in [0.15, 0.2) is 0 Å². The fraction of sp³-hybridized carbons (Fsp3) is 0.417. The third-order valence-corrected chi connectivity index (χ3v) is 3.35. The van der Waals surface area contributed by atoms with E-state index in [0.29, 0.717) is 13.3 Å². The highest BCUT2D eigenvalue weighted by Crippen LogP contribution is 2.26. The molecule has 1 heterocycles.